The number of carbonyl (C=O) groups excluding carboxylic acids is 1. The van der Waals surface area contributed by atoms with E-state index in [1.165, 1.54) is 5.56 Å². The molecule has 0 aliphatic carbocycles. The van der Waals surface area contributed by atoms with Gasteiger partial charge in [0.15, 0.2) is 0 Å². The monoisotopic (exact) mass is 387 g/mol. The van der Waals surface area contributed by atoms with Crippen LogP contribution in [0.3, 0.4) is 0 Å². The zero-order valence-corrected chi connectivity index (χ0v) is 17.2. The van der Waals surface area contributed by atoms with Crippen LogP contribution in [-0.2, 0) is 6.42 Å². The lowest BCUT2D eigenvalue weighted by Crippen LogP contribution is -2.35. The van der Waals surface area contributed by atoms with Gasteiger partial charge in [0.2, 0.25) is 0 Å². The molecule has 148 valence electrons. The number of ether oxygens (including phenoxy) is 1. The molecule has 4 rings (SSSR count). The number of likely N-dealkylation sites (N-methyl/N-ethyl adjacent to an activating group) is 1. The van der Waals surface area contributed by atoms with Crippen LogP contribution in [0.2, 0.25) is 0 Å². The molecule has 0 saturated carbocycles. The minimum absolute atomic E-state index is 0.0180. The van der Waals surface area contributed by atoms with Gasteiger partial charge in [-0.25, -0.2) is 4.68 Å². The Kier molecular flexibility index (Phi) is 4.97. The number of hydrogen-bond donors (Lipinski definition) is 0. The lowest BCUT2D eigenvalue weighted by atomic mass is 9.93. The molecule has 1 aliphatic rings. The first-order valence-corrected chi connectivity index (χ1v) is 9.78. The molecule has 1 aromatic heterocycles. The largest absolute Gasteiger partial charge is 0.464 e. The molecule has 0 N–H and O–H groups in total. The fourth-order valence-corrected chi connectivity index (χ4v) is 3.59. The average Bonchev–Trinajstić information content (AvgIpc) is 3.26. The van der Waals surface area contributed by atoms with E-state index in [1.54, 1.807) is 17.4 Å². The second-order valence-corrected chi connectivity index (χ2v) is 7.56. The van der Waals surface area contributed by atoms with E-state index in [2.05, 4.69) is 36.3 Å². The van der Waals surface area contributed by atoms with Crippen LogP contribution >= 0.6 is 0 Å². The highest BCUT2D eigenvalue weighted by atomic mass is 16.5. The Morgan fingerprint density at radius 3 is 2.59 bits per heavy atom. The molecule has 1 aliphatic heterocycles. The molecule has 0 fully saturated rings. The zero-order valence-electron chi connectivity index (χ0n) is 17.2. The number of hydrogen-bond acceptors (Lipinski definition) is 3. The maximum atomic E-state index is 13.0. The maximum absolute atomic E-state index is 13.0. The van der Waals surface area contributed by atoms with Crippen LogP contribution in [0.15, 0.2) is 61.1 Å². The fraction of sp³-hybridized carbons (Fsp3) is 0.250. The first-order chi connectivity index (χ1) is 14.0. The van der Waals surface area contributed by atoms with Gasteiger partial charge in [-0.05, 0) is 79.8 Å². The Hall–Kier alpha value is -3.34. The molecule has 0 radical (unpaired) electrons. The van der Waals surface area contributed by atoms with Crippen molar-refractivity contribution in [1.82, 2.24) is 14.7 Å². The number of carbonyl (C=O) groups is 1. The number of rotatable bonds is 3. The standard InChI is InChI=1S/C24H25N3O2/c1-16-10-13-29-23-18(3)17(2)20(15-22(23)24(28)26(16)4)14-19-6-8-21(9-7-19)27-12-5-11-25-27/h5-13,15-16H,14H2,1-4H3/t16-/m1/s1. The van der Waals surface area contributed by atoms with E-state index in [1.807, 2.05) is 50.0 Å². The summed E-state index contributed by atoms with van der Waals surface area (Å²) in [6.45, 7) is 6.09. The predicted octanol–water partition coefficient (Wildman–Crippen LogP) is 4.45. The third kappa shape index (κ3) is 3.56. The Labute approximate surface area is 171 Å². The molecule has 5 nitrogen and oxygen atoms in total. The summed E-state index contributed by atoms with van der Waals surface area (Å²) in [7, 11) is 1.83. The van der Waals surface area contributed by atoms with Crippen LogP contribution in [0.25, 0.3) is 5.69 Å². The van der Waals surface area contributed by atoms with Crippen LogP contribution < -0.4 is 4.74 Å². The minimum atomic E-state index is -0.0183. The summed E-state index contributed by atoms with van der Waals surface area (Å²) < 4.78 is 7.69. The van der Waals surface area contributed by atoms with Gasteiger partial charge in [0.1, 0.15) is 5.75 Å². The number of fused-ring (bicyclic) bond motifs is 1. The molecule has 0 unspecified atom stereocenters. The second-order valence-electron chi connectivity index (χ2n) is 7.56. The van der Waals surface area contributed by atoms with Crippen molar-refractivity contribution in [2.75, 3.05) is 7.05 Å². The van der Waals surface area contributed by atoms with Gasteiger partial charge in [0, 0.05) is 19.4 Å². The van der Waals surface area contributed by atoms with Gasteiger partial charge in [-0.1, -0.05) is 12.1 Å². The van der Waals surface area contributed by atoms with E-state index in [-0.39, 0.29) is 11.9 Å². The molecule has 0 saturated heterocycles. The molecule has 0 spiro atoms. The van der Waals surface area contributed by atoms with Gasteiger partial charge in [0.05, 0.1) is 23.6 Å². The van der Waals surface area contributed by atoms with Crippen molar-refractivity contribution in [3.8, 4) is 11.4 Å². The van der Waals surface area contributed by atoms with Crippen LogP contribution in [0.5, 0.6) is 5.75 Å². The van der Waals surface area contributed by atoms with E-state index < -0.39 is 0 Å². The molecular formula is C24H25N3O2. The predicted molar refractivity (Wildman–Crippen MR) is 114 cm³/mol. The smallest absolute Gasteiger partial charge is 0.257 e. The Bertz CT molecular complexity index is 1070. The quantitative estimate of drug-likeness (QED) is 0.667. The summed E-state index contributed by atoms with van der Waals surface area (Å²) in [5.74, 6) is 0.635. The molecule has 3 aromatic rings. The maximum Gasteiger partial charge on any atom is 0.257 e. The topological polar surface area (TPSA) is 47.4 Å². The van der Waals surface area contributed by atoms with Crippen molar-refractivity contribution in [1.29, 1.82) is 0 Å². The second kappa shape index (κ2) is 7.59. The number of aromatic nitrogens is 2. The van der Waals surface area contributed by atoms with Crippen molar-refractivity contribution in [3.05, 3.63) is 88.9 Å². The molecule has 1 amide bonds. The molecule has 2 aromatic carbocycles. The molecule has 5 heteroatoms. The number of amides is 1. The Morgan fingerprint density at radius 1 is 1.14 bits per heavy atom. The molecule has 1 atom stereocenters. The third-order valence-electron chi connectivity index (χ3n) is 5.75. The highest BCUT2D eigenvalue weighted by Gasteiger charge is 2.25. The lowest BCUT2D eigenvalue weighted by Gasteiger charge is -2.27. The summed E-state index contributed by atoms with van der Waals surface area (Å²) in [6, 6.07) is 12.2. The summed E-state index contributed by atoms with van der Waals surface area (Å²) >= 11 is 0. The van der Waals surface area contributed by atoms with Crippen LogP contribution in [0, 0.1) is 13.8 Å². The third-order valence-corrected chi connectivity index (χ3v) is 5.75. The van der Waals surface area contributed by atoms with E-state index in [0.717, 1.165) is 28.8 Å². The highest BCUT2D eigenvalue weighted by molar-refractivity contribution is 5.98. The lowest BCUT2D eigenvalue weighted by molar-refractivity contribution is 0.0762. The molecule has 0 bridgehead atoms. The minimum Gasteiger partial charge on any atom is -0.464 e. The van der Waals surface area contributed by atoms with Gasteiger partial charge in [-0.3, -0.25) is 4.79 Å². The van der Waals surface area contributed by atoms with Gasteiger partial charge in [-0.15, -0.1) is 0 Å². The Balaban J connectivity index is 1.69. The summed E-state index contributed by atoms with van der Waals surface area (Å²) in [5.41, 5.74) is 6.12. The van der Waals surface area contributed by atoms with Crippen LogP contribution in [-0.4, -0.2) is 33.7 Å². The van der Waals surface area contributed by atoms with Crippen molar-refractivity contribution in [3.63, 3.8) is 0 Å². The zero-order chi connectivity index (χ0) is 20.5. The van der Waals surface area contributed by atoms with E-state index in [4.69, 9.17) is 4.74 Å². The van der Waals surface area contributed by atoms with Gasteiger partial charge < -0.3 is 9.64 Å². The Morgan fingerprint density at radius 2 is 1.90 bits per heavy atom. The SMILES string of the molecule is Cc1c(Cc2ccc(-n3cccn3)cc2)cc2c(c1C)OC=C[C@@H](C)N(C)C2=O. The van der Waals surface area contributed by atoms with Gasteiger partial charge in [-0.2, -0.15) is 5.10 Å². The molecule has 2 heterocycles. The van der Waals surface area contributed by atoms with Crippen molar-refractivity contribution < 1.29 is 9.53 Å². The first kappa shape index (κ1) is 19.0. The van der Waals surface area contributed by atoms with Crippen molar-refractivity contribution in [2.24, 2.45) is 0 Å². The normalized spacial score (nSPS) is 16.2. The molecular weight excluding hydrogens is 362 g/mol. The van der Waals surface area contributed by atoms with E-state index in [9.17, 15) is 4.79 Å². The summed E-state index contributed by atoms with van der Waals surface area (Å²) in [4.78, 5) is 14.8. The van der Waals surface area contributed by atoms with Crippen molar-refractivity contribution >= 4 is 5.91 Å². The first-order valence-electron chi connectivity index (χ1n) is 9.78. The summed E-state index contributed by atoms with van der Waals surface area (Å²) in [5, 5.41) is 4.27. The van der Waals surface area contributed by atoms with Crippen LogP contribution in [0.4, 0.5) is 0 Å². The molecule has 29 heavy (non-hydrogen) atoms. The van der Waals surface area contributed by atoms with E-state index >= 15 is 0 Å². The number of nitrogens with zero attached hydrogens (tertiary/aromatic N) is 3. The summed E-state index contributed by atoms with van der Waals surface area (Å²) in [6.07, 6.45) is 8.03. The number of benzene rings is 2. The van der Waals surface area contributed by atoms with Crippen molar-refractivity contribution in [2.45, 2.75) is 33.2 Å². The highest BCUT2D eigenvalue weighted by Crippen LogP contribution is 2.33. The van der Waals surface area contributed by atoms with Gasteiger partial charge >= 0.3 is 0 Å². The van der Waals surface area contributed by atoms with Crippen LogP contribution in [0.1, 0.15) is 39.5 Å². The van der Waals surface area contributed by atoms with Gasteiger partial charge in [0.25, 0.3) is 5.91 Å². The average molecular weight is 387 g/mol. The fourth-order valence-electron chi connectivity index (χ4n) is 3.59. The van der Waals surface area contributed by atoms with E-state index in [0.29, 0.717) is 11.3 Å².